The fraction of sp³-hybridized carbons (Fsp3) is 0.727. The molecule has 0 unspecified atom stereocenters. The highest BCUT2D eigenvalue weighted by atomic mass is 16.5. The summed E-state index contributed by atoms with van der Waals surface area (Å²) >= 11 is 0. The first-order valence-electron chi connectivity index (χ1n) is 5.66. The maximum Gasteiger partial charge on any atom is 0.148 e. The normalized spacial score (nSPS) is 18.0. The van der Waals surface area contributed by atoms with E-state index in [-0.39, 0.29) is 0 Å². The third-order valence-corrected chi connectivity index (χ3v) is 2.91. The highest BCUT2D eigenvalue weighted by molar-refractivity contribution is 5.37. The molecule has 0 spiro atoms. The molecule has 1 aromatic rings. The van der Waals surface area contributed by atoms with Crippen LogP contribution in [0.2, 0.25) is 0 Å². The van der Waals surface area contributed by atoms with E-state index in [0.29, 0.717) is 6.04 Å². The van der Waals surface area contributed by atoms with Crippen LogP contribution in [-0.4, -0.2) is 29.0 Å². The maximum absolute atomic E-state index is 5.32. The van der Waals surface area contributed by atoms with Crippen molar-refractivity contribution in [2.24, 2.45) is 7.05 Å². The second kappa shape index (κ2) is 4.66. The lowest BCUT2D eigenvalue weighted by molar-refractivity contribution is 0.0904. The molecule has 4 heteroatoms. The van der Waals surface area contributed by atoms with E-state index in [4.69, 9.17) is 4.74 Å². The van der Waals surface area contributed by atoms with Crippen molar-refractivity contribution in [2.45, 2.75) is 32.2 Å². The minimum atomic E-state index is 0.526. The molecule has 0 amide bonds. The van der Waals surface area contributed by atoms with E-state index in [1.165, 1.54) is 5.69 Å². The average Bonchev–Trinajstić information content (AvgIpc) is 2.60. The van der Waals surface area contributed by atoms with Gasteiger partial charge in [0.05, 0.1) is 0 Å². The van der Waals surface area contributed by atoms with E-state index >= 15 is 0 Å². The van der Waals surface area contributed by atoms with Gasteiger partial charge in [0.2, 0.25) is 0 Å². The number of nitrogens with zero attached hydrogens (tertiary/aromatic N) is 2. The van der Waals surface area contributed by atoms with Gasteiger partial charge in [0.1, 0.15) is 5.82 Å². The van der Waals surface area contributed by atoms with Crippen LogP contribution in [0.1, 0.15) is 25.5 Å². The average molecular weight is 209 g/mol. The molecule has 2 heterocycles. The summed E-state index contributed by atoms with van der Waals surface area (Å²) in [4.78, 5) is 0. The Labute approximate surface area is 90.6 Å². The van der Waals surface area contributed by atoms with E-state index in [2.05, 4.69) is 23.4 Å². The van der Waals surface area contributed by atoms with Gasteiger partial charge in [0.25, 0.3) is 0 Å². The molecule has 0 radical (unpaired) electrons. The predicted molar refractivity (Wildman–Crippen MR) is 60.0 cm³/mol. The van der Waals surface area contributed by atoms with Gasteiger partial charge < -0.3 is 10.1 Å². The van der Waals surface area contributed by atoms with Crippen molar-refractivity contribution in [3.8, 4) is 0 Å². The monoisotopic (exact) mass is 209 g/mol. The topological polar surface area (TPSA) is 39.1 Å². The smallest absolute Gasteiger partial charge is 0.148 e. The molecule has 0 aromatic carbocycles. The van der Waals surface area contributed by atoms with E-state index in [9.17, 15) is 0 Å². The zero-order valence-corrected chi connectivity index (χ0v) is 9.49. The Bertz CT molecular complexity index is 316. The highest BCUT2D eigenvalue weighted by Gasteiger charge is 2.14. The van der Waals surface area contributed by atoms with Crippen molar-refractivity contribution in [3.63, 3.8) is 0 Å². The molecule has 1 fully saturated rings. The molecule has 1 aromatic heterocycles. The Balaban J connectivity index is 1.97. The molecule has 1 aliphatic heterocycles. The first-order valence-corrected chi connectivity index (χ1v) is 5.66. The van der Waals surface area contributed by atoms with Gasteiger partial charge in [-0.2, -0.15) is 5.10 Å². The molecule has 4 nitrogen and oxygen atoms in total. The SMILES string of the molecule is CCc1cc(NC2CCOCC2)nn1C. The number of aryl methyl sites for hydroxylation is 2. The molecule has 0 atom stereocenters. The van der Waals surface area contributed by atoms with Crippen molar-refractivity contribution >= 4 is 5.82 Å². The number of nitrogens with one attached hydrogen (secondary N) is 1. The van der Waals surface area contributed by atoms with E-state index in [1.54, 1.807) is 0 Å². The van der Waals surface area contributed by atoms with Crippen molar-refractivity contribution in [2.75, 3.05) is 18.5 Å². The zero-order valence-electron chi connectivity index (χ0n) is 9.49. The summed E-state index contributed by atoms with van der Waals surface area (Å²) in [6.45, 7) is 3.88. The Morgan fingerprint density at radius 1 is 1.53 bits per heavy atom. The predicted octanol–water partition coefficient (Wildman–Crippen LogP) is 1.57. The Morgan fingerprint density at radius 3 is 2.87 bits per heavy atom. The standard InChI is InChI=1S/C11H19N3O/c1-3-10-8-11(13-14(10)2)12-9-4-6-15-7-5-9/h8-9H,3-7H2,1-2H3,(H,12,13). The molecule has 1 aliphatic rings. The Hall–Kier alpha value is -1.03. The summed E-state index contributed by atoms with van der Waals surface area (Å²) in [5.74, 6) is 1.00. The molecule has 0 saturated carbocycles. The zero-order chi connectivity index (χ0) is 10.7. The molecular formula is C11H19N3O. The molecule has 15 heavy (non-hydrogen) atoms. The summed E-state index contributed by atoms with van der Waals surface area (Å²) in [5, 5.41) is 7.90. The summed E-state index contributed by atoms with van der Waals surface area (Å²) in [6, 6.07) is 2.66. The van der Waals surface area contributed by atoms with Crippen LogP contribution in [-0.2, 0) is 18.2 Å². The van der Waals surface area contributed by atoms with E-state index in [1.807, 2.05) is 11.7 Å². The summed E-state index contributed by atoms with van der Waals surface area (Å²) in [6.07, 6.45) is 3.19. The molecule has 0 aliphatic carbocycles. The number of hydrogen-bond donors (Lipinski definition) is 1. The molecular weight excluding hydrogens is 190 g/mol. The lowest BCUT2D eigenvalue weighted by Gasteiger charge is -2.22. The first-order chi connectivity index (χ1) is 7.29. The van der Waals surface area contributed by atoms with Crippen molar-refractivity contribution in [3.05, 3.63) is 11.8 Å². The fourth-order valence-electron chi connectivity index (χ4n) is 1.96. The lowest BCUT2D eigenvalue weighted by atomic mass is 10.1. The second-order valence-electron chi connectivity index (χ2n) is 4.03. The van der Waals surface area contributed by atoms with Crippen LogP contribution < -0.4 is 5.32 Å². The van der Waals surface area contributed by atoms with Crippen molar-refractivity contribution in [1.82, 2.24) is 9.78 Å². The number of ether oxygens (including phenoxy) is 1. The third-order valence-electron chi connectivity index (χ3n) is 2.91. The van der Waals surface area contributed by atoms with Crippen LogP contribution in [0.25, 0.3) is 0 Å². The van der Waals surface area contributed by atoms with Crippen LogP contribution in [0.15, 0.2) is 6.07 Å². The quantitative estimate of drug-likeness (QED) is 0.821. The summed E-state index contributed by atoms with van der Waals surface area (Å²) in [5.41, 5.74) is 1.27. The summed E-state index contributed by atoms with van der Waals surface area (Å²) < 4.78 is 7.27. The van der Waals surface area contributed by atoms with Gasteiger partial charge >= 0.3 is 0 Å². The minimum absolute atomic E-state index is 0.526. The molecule has 0 bridgehead atoms. The van der Waals surface area contributed by atoms with Gasteiger partial charge in [-0.3, -0.25) is 4.68 Å². The largest absolute Gasteiger partial charge is 0.381 e. The van der Waals surface area contributed by atoms with Crippen molar-refractivity contribution < 1.29 is 4.74 Å². The molecule has 1 saturated heterocycles. The summed E-state index contributed by atoms with van der Waals surface area (Å²) in [7, 11) is 1.99. The van der Waals surface area contributed by atoms with E-state index in [0.717, 1.165) is 38.3 Å². The number of anilines is 1. The molecule has 84 valence electrons. The van der Waals surface area contributed by atoms with Gasteiger partial charge in [-0.15, -0.1) is 0 Å². The highest BCUT2D eigenvalue weighted by Crippen LogP contribution is 2.15. The number of rotatable bonds is 3. The lowest BCUT2D eigenvalue weighted by Crippen LogP contribution is -2.28. The van der Waals surface area contributed by atoms with Crippen LogP contribution >= 0.6 is 0 Å². The van der Waals surface area contributed by atoms with Gasteiger partial charge in [-0.1, -0.05) is 6.92 Å². The first kappa shape index (κ1) is 10.5. The van der Waals surface area contributed by atoms with Gasteiger partial charge in [-0.25, -0.2) is 0 Å². The maximum atomic E-state index is 5.32. The van der Waals surface area contributed by atoms with Crippen LogP contribution in [0.4, 0.5) is 5.82 Å². The fourth-order valence-corrected chi connectivity index (χ4v) is 1.96. The Kier molecular flexibility index (Phi) is 3.26. The minimum Gasteiger partial charge on any atom is -0.381 e. The van der Waals surface area contributed by atoms with Crippen LogP contribution in [0, 0.1) is 0 Å². The van der Waals surface area contributed by atoms with Gasteiger partial charge in [0.15, 0.2) is 0 Å². The van der Waals surface area contributed by atoms with Crippen LogP contribution in [0.3, 0.4) is 0 Å². The molecule has 2 rings (SSSR count). The van der Waals surface area contributed by atoms with Crippen molar-refractivity contribution in [1.29, 1.82) is 0 Å². The van der Waals surface area contributed by atoms with E-state index < -0.39 is 0 Å². The second-order valence-corrected chi connectivity index (χ2v) is 4.03. The van der Waals surface area contributed by atoms with Gasteiger partial charge in [0, 0.05) is 38.1 Å². The third kappa shape index (κ3) is 2.50. The molecule has 1 N–H and O–H groups in total. The number of hydrogen-bond acceptors (Lipinski definition) is 3. The Morgan fingerprint density at radius 2 is 2.27 bits per heavy atom. The van der Waals surface area contributed by atoms with Gasteiger partial charge in [-0.05, 0) is 19.3 Å². The van der Waals surface area contributed by atoms with Crippen LogP contribution in [0.5, 0.6) is 0 Å². The number of aromatic nitrogens is 2.